The Bertz CT molecular complexity index is 629. The van der Waals surface area contributed by atoms with Crippen LogP contribution in [0.2, 0.25) is 0 Å². The fourth-order valence-corrected chi connectivity index (χ4v) is 3.61. The minimum atomic E-state index is 0.680. The van der Waals surface area contributed by atoms with E-state index in [4.69, 9.17) is 0 Å². The Kier molecular flexibility index (Phi) is 5.10. The molecule has 0 spiro atoms. The molecular weight excluding hydrogens is 288 g/mol. The summed E-state index contributed by atoms with van der Waals surface area (Å²) < 4.78 is 4.18. The highest BCUT2D eigenvalue weighted by Gasteiger charge is 2.21. The van der Waals surface area contributed by atoms with Gasteiger partial charge >= 0.3 is 0 Å². The first-order valence-corrected chi connectivity index (χ1v) is 8.76. The van der Waals surface area contributed by atoms with Gasteiger partial charge in [0.1, 0.15) is 11.6 Å². The summed E-state index contributed by atoms with van der Waals surface area (Å²) in [5.41, 5.74) is 1.34. The smallest absolute Gasteiger partial charge is 0.147 e. The highest BCUT2D eigenvalue weighted by atomic mass is 15.3. The lowest BCUT2D eigenvalue weighted by Crippen LogP contribution is -2.38. The van der Waals surface area contributed by atoms with E-state index in [1.54, 1.807) is 0 Å². The average molecular weight is 316 g/mol. The van der Waals surface area contributed by atoms with E-state index in [0.717, 1.165) is 37.7 Å². The molecule has 2 aromatic rings. The quantitative estimate of drug-likeness (QED) is 0.818. The van der Waals surface area contributed by atoms with E-state index < -0.39 is 0 Å². The molecule has 1 saturated heterocycles. The number of aryl methyl sites for hydroxylation is 3. The lowest BCUT2D eigenvalue weighted by molar-refractivity contribution is 0.160. The van der Waals surface area contributed by atoms with Crippen LogP contribution in [-0.2, 0) is 19.5 Å². The second kappa shape index (κ2) is 7.25. The first-order valence-electron chi connectivity index (χ1n) is 8.76. The number of hydrogen-bond acceptors (Lipinski definition) is 4. The molecule has 0 aliphatic carbocycles. The summed E-state index contributed by atoms with van der Waals surface area (Å²) in [5.74, 6) is 2.59. The normalized spacial score (nSPS) is 19.3. The molecule has 6 heteroatoms. The first-order chi connectivity index (χ1) is 11.2. The van der Waals surface area contributed by atoms with Gasteiger partial charge in [0.05, 0.1) is 0 Å². The topological polar surface area (TPSA) is 51.8 Å². The van der Waals surface area contributed by atoms with Crippen molar-refractivity contribution in [2.24, 2.45) is 5.92 Å². The van der Waals surface area contributed by atoms with Gasteiger partial charge in [0.15, 0.2) is 0 Å². The maximum atomic E-state index is 4.51. The van der Waals surface area contributed by atoms with Crippen LogP contribution in [0.5, 0.6) is 0 Å². The average Bonchev–Trinajstić information content (AvgIpc) is 3.11. The Balaban J connectivity index is 1.53. The van der Waals surface area contributed by atoms with Crippen LogP contribution < -0.4 is 0 Å². The second-order valence-electron chi connectivity index (χ2n) is 6.59. The minimum absolute atomic E-state index is 0.680. The molecule has 1 atom stereocenters. The molecule has 23 heavy (non-hydrogen) atoms. The molecule has 6 nitrogen and oxygen atoms in total. The SMILES string of the molecule is CCn1nccc1CCN1CCCC(Cn2nc(C)nc2C)C1. The Hall–Kier alpha value is -1.69. The van der Waals surface area contributed by atoms with Gasteiger partial charge < -0.3 is 4.90 Å². The first kappa shape index (κ1) is 16.2. The molecule has 1 aliphatic rings. The Morgan fingerprint density at radius 3 is 2.87 bits per heavy atom. The van der Waals surface area contributed by atoms with E-state index >= 15 is 0 Å². The molecule has 0 bridgehead atoms. The number of rotatable bonds is 6. The fraction of sp³-hybridized carbons (Fsp3) is 0.706. The molecule has 1 aliphatic heterocycles. The standard InChI is InChI=1S/C17H28N6/c1-4-22-17(7-9-18-22)8-11-21-10-5-6-16(12-21)13-23-15(3)19-14(2)20-23/h7,9,16H,4-6,8,10-13H2,1-3H3. The van der Waals surface area contributed by atoms with Crippen LogP contribution in [0.25, 0.3) is 0 Å². The molecule has 1 fully saturated rings. The third kappa shape index (κ3) is 3.99. The molecule has 0 saturated carbocycles. The zero-order valence-electron chi connectivity index (χ0n) is 14.6. The predicted octanol–water partition coefficient (Wildman–Crippen LogP) is 2.07. The molecule has 0 N–H and O–H groups in total. The van der Waals surface area contributed by atoms with E-state index in [2.05, 4.69) is 42.4 Å². The summed E-state index contributed by atoms with van der Waals surface area (Å²) in [4.78, 5) is 7.01. The van der Waals surface area contributed by atoms with Gasteiger partial charge in [0, 0.05) is 44.5 Å². The highest BCUT2D eigenvalue weighted by Crippen LogP contribution is 2.19. The van der Waals surface area contributed by atoms with Crippen molar-refractivity contribution in [3.8, 4) is 0 Å². The number of piperidine rings is 1. The van der Waals surface area contributed by atoms with E-state index in [0.29, 0.717) is 5.92 Å². The van der Waals surface area contributed by atoms with Gasteiger partial charge in [0.2, 0.25) is 0 Å². The number of nitrogens with zero attached hydrogens (tertiary/aromatic N) is 6. The Labute approximate surface area is 138 Å². The van der Waals surface area contributed by atoms with Crippen LogP contribution in [0.1, 0.15) is 37.1 Å². The second-order valence-corrected chi connectivity index (χ2v) is 6.59. The van der Waals surface area contributed by atoms with E-state index in [9.17, 15) is 0 Å². The van der Waals surface area contributed by atoms with Crippen molar-refractivity contribution in [3.05, 3.63) is 29.6 Å². The van der Waals surface area contributed by atoms with Crippen molar-refractivity contribution in [3.63, 3.8) is 0 Å². The van der Waals surface area contributed by atoms with E-state index in [1.807, 2.05) is 20.0 Å². The van der Waals surface area contributed by atoms with Crippen molar-refractivity contribution in [2.45, 2.75) is 53.1 Å². The van der Waals surface area contributed by atoms with Crippen LogP contribution in [0.15, 0.2) is 12.3 Å². The lowest BCUT2D eigenvalue weighted by atomic mass is 9.98. The van der Waals surface area contributed by atoms with E-state index in [-0.39, 0.29) is 0 Å². The summed E-state index contributed by atoms with van der Waals surface area (Å²) in [5, 5.41) is 8.87. The maximum absolute atomic E-state index is 4.51. The van der Waals surface area contributed by atoms with Gasteiger partial charge in [-0.15, -0.1) is 0 Å². The van der Waals surface area contributed by atoms with Crippen LogP contribution in [0.4, 0.5) is 0 Å². The summed E-state index contributed by atoms with van der Waals surface area (Å²) in [6.45, 7) is 11.6. The zero-order chi connectivity index (χ0) is 16.2. The zero-order valence-corrected chi connectivity index (χ0v) is 14.6. The largest absolute Gasteiger partial charge is 0.303 e. The predicted molar refractivity (Wildman–Crippen MR) is 90.3 cm³/mol. The van der Waals surface area contributed by atoms with Crippen molar-refractivity contribution in [1.29, 1.82) is 0 Å². The Morgan fingerprint density at radius 2 is 2.13 bits per heavy atom. The fourth-order valence-electron chi connectivity index (χ4n) is 3.61. The van der Waals surface area contributed by atoms with Crippen LogP contribution in [0, 0.1) is 19.8 Å². The van der Waals surface area contributed by atoms with Gasteiger partial charge in [0.25, 0.3) is 0 Å². The van der Waals surface area contributed by atoms with Gasteiger partial charge in [-0.2, -0.15) is 10.2 Å². The monoisotopic (exact) mass is 316 g/mol. The molecule has 0 radical (unpaired) electrons. The van der Waals surface area contributed by atoms with E-state index in [1.165, 1.54) is 31.6 Å². The Morgan fingerprint density at radius 1 is 1.26 bits per heavy atom. The highest BCUT2D eigenvalue weighted by molar-refractivity contribution is 5.01. The third-order valence-electron chi connectivity index (χ3n) is 4.79. The van der Waals surface area contributed by atoms with Crippen LogP contribution in [-0.4, -0.2) is 49.1 Å². The number of hydrogen-bond donors (Lipinski definition) is 0. The summed E-state index contributed by atoms with van der Waals surface area (Å²) in [7, 11) is 0. The molecule has 0 aromatic carbocycles. The van der Waals surface area contributed by atoms with Gasteiger partial charge in [-0.05, 0) is 52.1 Å². The molecule has 2 aromatic heterocycles. The third-order valence-corrected chi connectivity index (χ3v) is 4.79. The van der Waals surface area contributed by atoms with Crippen molar-refractivity contribution >= 4 is 0 Å². The van der Waals surface area contributed by atoms with Crippen molar-refractivity contribution in [1.82, 2.24) is 29.4 Å². The lowest BCUT2D eigenvalue weighted by Gasteiger charge is -2.32. The van der Waals surface area contributed by atoms with Crippen LogP contribution in [0.3, 0.4) is 0 Å². The molecule has 1 unspecified atom stereocenters. The maximum Gasteiger partial charge on any atom is 0.147 e. The summed E-state index contributed by atoms with van der Waals surface area (Å²) >= 11 is 0. The molecule has 0 amide bonds. The van der Waals surface area contributed by atoms with Crippen LogP contribution >= 0.6 is 0 Å². The number of likely N-dealkylation sites (tertiary alicyclic amines) is 1. The van der Waals surface area contributed by atoms with Gasteiger partial charge in [-0.25, -0.2) is 9.67 Å². The summed E-state index contributed by atoms with van der Waals surface area (Å²) in [6.07, 6.45) is 5.57. The van der Waals surface area contributed by atoms with Gasteiger partial charge in [-0.1, -0.05) is 0 Å². The molecular formula is C17H28N6. The molecule has 126 valence electrons. The molecule has 3 heterocycles. The van der Waals surface area contributed by atoms with Crippen molar-refractivity contribution < 1.29 is 0 Å². The van der Waals surface area contributed by atoms with Gasteiger partial charge in [-0.3, -0.25) is 4.68 Å². The summed E-state index contributed by atoms with van der Waals surface area (Å²) in [6, 6.07) is 2.15. The molecule has 3 rings (SSSR count). The van der Waals surface area contributed by atoms with Crippen molar-refractivity contribution in [2.75, 3.05) is 19.6 Å². The number of aromatic nitrogens is 5. The minimum Gasteiger partial charge on any atom is -0.303 e.